The molecule has 0 saturated heterocycles. The van der Waals surface area contributed by atoms with Crippen LogP contribution in [0.1, 0.15) is 44.6 Å². The number of nitrogens with one attached hydrogen (secondary N) is 3. The summed E-state index contributed by atoms with van der Waals surface area (Å²) in [7, 11) is 0. The van der Waals surface area contributed by atoms with E-state index in [0.717, 1.165) is 51.5 Å². The predicted molar refractivity (Wildman–Crippen MR) is 116 cm³/mol. The number of carbonyl (C=O) groups is 1. The van der Waals surface area contributed by atoms with Crippen LogP contribution in [0, 0.1) is 0 Å². The first-order valence-electron chi connectivity index (χ1n) is 10.1. The highest BCUT2D eigenvalue weighted by atomic mass is 32.1. The largest absolute Gasteiger partial charge is 0.444 e. The SMILES string of the molecule is CCNC(=NCCCNC(=O)OC(C)(C)C)NCCN1CCc2sccc2C1. The molecule has 0 aliphatic carbocycles. The van der Waals surface area contributed by atoms with Crippen molar-refractivity contribution in [2.45, 2.75) is 52.7 Å². The van der Waals surface area contributed by atoms with Gasteiger partial charge in [-0.3, -0.25) is 9.89 Å². The minimum atomic E-state index is -0.469. The van der Waals surface area contributed by atoms with E-state index in [0.29, 0.717) is 13.1 Å². The third-order valence-corrected chi connectivity index (χ3v) is 5.25. The molecule has 158 valence electrons. The molecule has 2 heterocycles. The van der Waals surface area contributed by atoms with E-state index in [1.807, 2.05) is 32.1 Å². The fraction of sp³-hybridized carbons (Fsp3) is 0.700. The van der Waals surface area contributed by atoms with Crippen LogP contribution in [0.25, 0.3) is 0 Å². The third kappa shape index (κ3) is 8.48. The van der Waals surface area contributed by atoms with Crippen LogP contribution in [0.3, 0.4) is 0 Å². The molecule has 28 heavy (non-hydrogen) atoms. The molecular weight excluding hydrogens is 374 g/mol. The summed E-state index contributed by atoms with van der Waals surface area (Å²) in [5.41, 5.74) is 1.01. The maximum atomic E-state index is 11.6. The van der Waals surface area contributed by atoms with Crippen molar-refractivity contribution < 1.29 is 9.53 Å². The van der Waals surface area contributed by atoms with Gasteiger partial charge >= 0.3 is 6.09 Å². The van der Waals surface area contributed by atoms with E-state index in [-0.39, 0.29) is 6.09 Å². The van der Waals surface area contributed by atoms with E-state index in [9.17, 15) is 4.79 Å². The Morgan fingerprint density at radius 3 is 2.86 bits per heavy atom. The van der Waals surface area contributed by atoms with Crippen LogP contribution < -0.4 is 16.0 Å². The number of ether oxygens (including phenoxy) is 1. The number of fused-ring (bicyclic) bond motifs is 1. The lowest BCUT2D eigenvalue weighted by Crippen LogP contribution is -2.42. The summed E-state index contributed by atoms with van der Waals surface area (Å²) < 4.78 is 5.22. The smallest absolute Gasteiger partial charge is 0.407 e. The molecule has 3 N–H and O–H groups in total. The molecule has 1 aliphatic rings. The van der Waals surface area contributed by atoms with Crippen LogP contribution >= 0.6 is 11.3 Å². The Balaban J connectivity index is 1.63. The molecular formula is C20H35N5O2S. The number of nitrogens with zero attached hydrogens (tertiary/aromatic N) is 2. The lowest BCUT2D eigenvalue weighted by atomic mass is 10.1. The van der Waals surface area contributed by atoms with Gasteiger partial charge in [0.25, 0.3) is 0 Å². The molecule has 0 radical (unpaired) electrons. The summed E-state index contributed by atoms with van der Waals surface area (Å²) >= 11 is 1.87. The molecule has 0 spiro atoms. The fourth-order valence-corrected chi connectivity index (χ4v) is 3.84. The first-order valence-corrected chi connectivity index (χ1v) is 11.0. The summed E-state index contributed by atoms with van der Waals surface area (Å²) in [6.45, 7) is 13.7. The molecule has 8 heteroatoms. The number of alkyl carbamates (subject to hydrolysis) is 1. The second-order valence-corrected chi connectivity index (χ2v) is 8.87. The quantitative estimate of drug-likeness (QED) is 0.349. The maximum Gasteiger partial charge on any atom is 0.407 e. The first-order chi connectivity index (χ1) is 13.4. The number of thiophene rings is 1. The predicted octanol–water partition coefficient (Wildman–Crippen LogP) is 2.58. The van der Waals surface area contributed by atoms with Gasteiger partial charge in [-0.15, -0.1) is 11.3 Å². The van der Waals surface area contributed by atoms with Gasteiger partial charge < -0.3 is 20.7 Å². The fourth-order valence-electron chi connectivity index (χ4n) is 2.95. The number of hydrogen-bond acceptors (Lipinski definition) is 5. The zero-order valence-corrected chi connectivity index (χ0v) is 18.5. The van der Waals surface area contributed by atoms with E-state index < -0.39 is 5.60 Å². The normalized spacial score (nSPS) is 15.1. The van der Waals surface area contributed by atoms with E-state index >= 15 is 0 Å². The van der Waals surface area contributed by atoms with Gasteiger partial charge in [0.15, 0.2) is 5.96 Å². The Morgan fingerprint density at radius 2 is 2.11 bits per heavy atom. The molecule has 1 amide bonds. The van der Waals surface area contributed by atoms with Crippen molar-refractivity contribution in [2.75, 3.05) is 39.3 Å². The van der Waals surface area contributed by atoms with Crippen molar-refractivity contribution >= 4 is 23.4 Å². The van der Waals surface area contributed by atoms with E-state index in [1.54, 1.807) is 4.88 Å². The summed E-state index contributed by atoms with van der Waals surface area (Å²) in [6, 6.07) is 2.25. The van der Waals surface area contributed by atoms with E-state index in [4.69, 9.17) is 4.74 Å². The Morgan fingerprint density at radius 1 is 1.29 bits per heavy atom. The molecule has 7 nitrogen and oxygen atoms in total. The van der Waals surface area contributed by atoms with Crippen LogP contribution in [0.2, 0.25) is 0 Å². The molecule has 1 aromatic heterocycles. The van der Waals surface area contributed by atoms with Crippen molar-refractivity contribution in [1.29, 1.82) is 0 Å². The minimum absolute atomic E-state index is 0.378. The highest BCUT2D eigenvalue weighted by molar-refractivity contribution is 7.10. The van der Waals surface area contributed by atoms with Crippen molar-refractivity contribution in [1.82, 2.24) is 20.9 Å². The van der Waals surface area contributed by atoms with Crippen molar-refractivity contribution in [3.05, 3.63) is 21.9 Å². The Hall–Kier alpha value is -1.80. The van der Waals surface area contributed by atoms with Crippen molar-refractivity contribution in [2.24, 2.45) is 4.99 Å². The zero-order valence-electron chi connectivity index (χ0n) is 17.6. The zero-order chi connectivity index (χ0) is 20.4. The van der Waals surface area contributed by atoms with Crippen molar-refractivity contribution in [3.8, 4) is 0 Å². The van der Waals surface area contributed by atoms with Gasteiger partial charge in [0, 0.05) is 50.7 Å². The highest BCUT2D eigenvalue weighted by Gasteiger charge is 2.17. The molecule has 1 aromatic rings. The average molecular weight is 410 g/mol. The second-order valence-electron chi connectivity index (χ2n) is 7.86. The van der Waals surface area contributed by atoms with E-state index in [2.05, 4.69) is 44.2 Å². The van der Waals surface area contributed by atoms with Crippen molar-refractivity contribution in [3.63, 3.8) is 0 Å². The summed E-state index contributed by atoms with van der Waals surface area (Å²) in [6.07, 6.45) is 1.55. The van der Waals surface area contributed by atoms with Crippen LogP contribution in [0.4, 0.5) is 4.79 Å². The van der Waals surface area contributed by atoms with Crippen LogP contribution in [-0.2, 0) is 17.7 Å². The molecule has 0 unspecified atom stereocenters. The van der Waals surface area contributed by atoms with Crippen LogP contribution in [0.5, 0.6) is 0 Å². The van der Waals surface area contributed by atoms with Gasteiger partial charge in [-0.25, -0.2) is 4.79 Å². The summed E-state index contributed by atoms with van der Waals surface area (Å²) in [5, 5.41) is 11.6. The average Bonchev–Trinajstić information content (AvgIpc) is 3.07. The Labute approximate surface area is 172 Å². The Bertz CT molecular complexity index is 639. The minimum Gasteiger partial charge on any atom is -0.444 e. The number of rotatable bonds is 8. The molecule has 0 aromatic carbocycles. The van der Waals surface area contributed by atoms with Gasteiger partial charge in [-0.1, -0.05) is 0 Å². The van der Waals surface area contributed by atoms with Gasteiger partial charge in [0.05, 0.1) is 0 Å². The number of carbonyl (C=O) groups excluding carboxylic acids is 1. The molecule has 0 bridgehead atoms. The lowest BCUT2D eigenvalue weighted by molar-refractivity contribution is 0.0527. The van der Waals surface area contributed by atoms with Gasteiger partial charge in [-0.05, 0) is 57.5 Å². The summed E-state index contributed by atoms with van der Waals surface area (Å²) in [4.78, 5) is 20.2. The standard InChI is InChI=1S/C20H35N5O2S/c1-5-21-18(22-9-6-10-24-19(26)27-20(2,3)4)23-11-13-25-12-7-17-16(15-25)8-14-28-17/h8,14H,5-7,9-13,15H2,1-4H3,(H,24,26)(H2,21,22,23). The molecule has 0 atom stereocenters. The van der Waals surface area contributed by atoms with E-state index in [1.165, 1.54) is 5.56 Å². The van der Waals surface area contributed by atoms with Gasteiger partial charge in [0.2, 0.25) is 0 Å². The highest BCUT2D eigenvalue weighted by Crippen LogP contribution is 2.23. The topological polar surface area (TPSA) is 78.0 Å². The molecule has 2 rings (SSSR count). The lowest BCUT2D eigenvalue weighted by Gasteiger charge is -2.27. The first kappa shape index (κ1) is 22.5. The maximum absolute atomic E-state index is 11.6. The third-order valence-electron chi connectivity index (χ3n) is 4.22. The molecule has 1 aliphatic heterocycles. The summed E-state index contributed by atoms with van der Waals surface area (Å²) in [5.74, 6) is 0.827. The number of amides is 1. The second kappa shape index (κ2) is 11.3. The molecule has 0 fully saturated rings. The Kier molecular flexibility index (Phi) is 9.05. The monoisotopic (exact) mass is 409 g/mol. The van der Waals surface area contributed by atoms with Crippen LogP contribution in [0.15, 0.2) is 16.4 Å². The number of guanidine groups is 1. The van der Waals surface area contributed by atoms with Gasteiger partial charge in [0.1, 0.15) is 5.60 Å². The molecule has 0 saturated carbocycles. The number of aliphatic imine (C=N–C) groups is 1. The number of hydrogen-bond donors (Lipinski definition) is 3. The van der Waals surface area contributed by atoms with Gasteiger partial charge in [-0.2, -0.15) is 0 Å². The van der Waals surface area contributed by atoms with Crippen LogP contribution in [-0.4, -0.2) is 61.8 Å².